The van der Waals surface area contributed by atoms with E-state index < -0.39 is 0 Å². The number of rotatable bonds is 4. The number of benzene rings is 2. The largest absolute Gasteiger partial charge is 0.486 e. The van der Waals surface area contributed by atoms with E-state index in [0.29, 0.717) is 30.4 Å². The van der Waals surface area contributed by atoms with Crippen LogP contribution in [0.2, 0.25) is 0 Å². The van der Waals surface area contributed by atoms with Crippen molar-refractivity contribution in [1.82, 2.24) is 0 Å². The van der Waals surface area contributed by atoms with E-state index in [1.54, 1.807) is 6.07 Å². The first-order chi connectivity index (χ1) is 11.1. The van der Waals surface area contributed by atoms with Gasteiger partial charge >= 0.3 is 0 Å². The topological polar surface area (TPSA) is 50.8 Å². The average molecular weight is 377 g/mol. The zero-order valence-corrected chi connectivity index (χ0v) is 14.3. The fraction of sp³-hybridized carbons (Fsp3) is 0.235. The third-order valence-electron chi connectivity index (χ3n) is 3.48. The number of fused-ring (bicyclic) bond motifs is 1. The first-order valence-electron chi connectivity index (χ1n) is 7.28. The molecule has 0 unspecified atom stereocenters. The summed E-state index contributed by atoms with van der Waals surface area (Å²) in [5, 5.41) is 2.90. The van der Waals surface area contributed by atoms with Gasteiger partial charge in [0.05, 0.1) is 12.2 Å². The van der Waals surface area contributed by atoms with Gasteiger partial charge in [0.2, 0.25) is 5.91 Å². The van der Waals surface area contributed by atoms with Crippen LogP contribution in [-0.2, 0) is 4.79 Å². The summed E-state index contributed by atoms with van der Waals surface area (Å²) in [5.41, 5.74) is 1.66. The molecule has 2 aromatic carbocycles. The highest BCUT2D eigenvalue weighted by Crippen LogP contribution is 2.38. The number of carbonyl (C=O) groups excluding carboxylic acids is 1. The standard InChI is InChI=1S/C17H17BrN2O3/c1-20(12-5-3-2-4-6-12)11-17(21)19-14-10-16-15(9-13(14)18)22-7-8-23-16/h2-6,9-10H,7-8,11H2,1H3,(H,19,21). The first-order valence-corrected chi connectivity index (χ1v) is 8.08. The molecule has 0 fully saturated rings. The lowest BCUT2D eigenvalue weighted by Crippen LogP contribution is -2.30. The molecule has 3 rings (SSSR count). The molecule has 0 atom stereocenters. The second kappa shape index (κ2) is 6.91. The van der Waals surface area contributed by atoms with Crippen molar-refractivity contribution in [3.8, 4) is 11.5 Å². The van der Waals surface area contributed by atoms with E-state index in [1.165, 1.54) is 0 Å². The van der Waals surface area contributed by atoms with Crippen molar-refractivity contribution in [3.63, 3.8) is 0 Å². The number of halogens is 1. The molecule has 0 aliphatic carbocycles. The van der Waals surface area contributed by atoms with Crippen LogP contribution in [0.1, 0.15) is 0 Å². The van der Waals surface area contributed by atoms with Gasteiger partial charge in [-0.1, -0.05) is 18.2 Å². The number of hydrogen-bond donors (Lipinski definition) is 1. The summed E-state index contributed by atoms with van der Waals surface area (Å²) < 4.78 is 11.8. The lowest BCUT2D eigenvalue weighted by atomic mass is 10.2. The van der Waals surface area contributed by atoms with Crippen molar-refractivity contribution in [2.75, 3.05) is 37.0 Å². The van der Waals surface area contributed by atoms with Gasteiger partial charge in [0, 0.05) is 29.3 Å². The number of nitrogens with one attached hydrogen (secondary N) is 1. The first kappa shape index (κ1) is 15.7. The van der Waals surface area contributed by atoms with Crippen LogP contribution >= 0.6 is 15.9 Å². The van der Waals surface area contributed by atoms with E-state index in [0.717, 1.165) is 10.2 Å². The van der Waals surface area contributed by atoms with Gasteiger partial charge in [-0.3, -0.25) is 4.79 Å². The monoisotopic (exact) mass is 376 g/mol. The van der Waals surface area contributed by atoms with Gasteiger partial charge in [-0.25, -0.2) is 0 Å². The molecule has 2 aromatic rings. The Bertz CT molecular complexity index is 706. The molecule has 0 saturated heterocycles. The van der Waals surface area contributed by atoms with Gasteiger partial charge in [-0.15, -0.1) is 0 Å². The summed E-state index contributed by atoms with van der Waals surface area (Å²) in [6.07, 6.45) is 0. The summed E-state index contributed by atoms with van der Waals surface area (Å²) in [6, 6.07) is 13.4. The highest BCUT2D eigenvalue weighted by atomic mass is 79.9. The maximum absolute atomic E-state index is 12.3. The molecule has 120 valence electrons. The fourth-order valence-corrected chi connectivity index (χ4v) is 2.76. The normalized spacial score (nSPS) is 12.6. The molecular formula is C17H17BrN2O3. The van der Waals surface area contributed by atoms with Crippen LogP contribution in [0.5, 0.6) is 11.5 Å². The molecule has 0 bridgehead atoms. The number of para-hydroxylation sites is 1. The lowest BCUT2D eigenvalue weighted by Gasteiger charge is -2.21. The highest BCUT2D eigenvalue weighted by Gasteiger charge is 2.16. The number of nitrogens with zero attached hydrogens (tertiary/aromatic N) is 1. The number of ether oxygens (including phenoxy) is 2. The fourth-order valence-electron chi connectivity index (χ4n) is 2.34. The van der Waals surface area contributed by atoms with E-state index >= 15 is 0 Å². The Hall–Kier alpha value is -2.21. The van der Waals surface area contributed by atoms with E-state index in [2.05, 4.69) is 21.2 Å². The van der Waals surface area contributed by atoms with Gasteiger partial charge in [0.1, 0.15) is 13.2 Å². The van der Waals surface area contributed by atoms with Gasteiger partial charge in [0.25, 0.3) is 0 Å². The van der Waals surface area contributed by atoms with E-state index in [4.69, 9.17) is 9.47 Å². The van der Waals surface area contributed by atoms with Gasteiger partial charge < -0.3 is 19.7 Å². The number of likely N-dealkylation sites (N-methyl/N-ethyl adjacent to an activating group) is 1. The second-order valence-corrected chi connectivity index (χ2v) is 6.07. The maximum Gasteiger partial charge on any atom is 0.243 e. The van der Waals surface area contributed by atoms with Crippen molar-refractivity contribution in [2.24, 2.45) is 0 Å². The van der Waals surface area contributed by atoms with Crippen LogP contribution in [0.25, 0.3) is 0 Å². The third-order valence-corrected chi connectivity index (χ3v) is 4.14. The Morgan fingerprint density at radius 2 is 1.83 bits per heavy atom. The summed E-state index contributed by atoms with van der Waals surface area (Å²) >= 11 is 3.45. The Morgan fingerprint density at radius 1 is 1.17 bits per heavy atom. The predicted octanol–water partition coefficient (Wildman–Crippen LogP) is 3.30. The van der Waals surface area contributed by atoms with Crippen molar-refractivity contribution < 1.29 is 14.3 Å². The molecule has 1 amide bonds. The minimum Gasteiger partial charge on any atom is -0.486 e. The third kappa shape index (κ3) is 3.76. The predicted molar refractivity (Wildman–Crippen MR) is 93.5 cm³/mol. The Labute approximate surface area is 143 Å². The smallest absolute Gasteiger partial charge is 0.243 e. The molecule has 0 radical (unpaired) electrons. The molecule has 0 saturated carbocycles. The summed E-state index contributed by atoms with van der Waals surface area (Å²) in [4.78, 5) is 14.2. The van der Waals surface area contributed by atoms with Crippen LogP contribution in [-0.4, -0.2) is 32.7 Å². The van der Waals surface area contributed by atoms with Crippen molar-refractivity contribution in [2.45, 2.75) is 0 Å². The highest BCUT2D eigenvalue weighted by molar-refractivity contribution is 9.10. The molecule has 1 N–H and O–H groups in total. The molecule has 0 aromatic heterocycles. The maximum atomic E-state index is 12.3. The van der Waals surface area contributed by atoms with Crippen LogP contribution in [0.3, 0.4) is 0 Å². The average Bonchev–Trinajstić information content (AvgIpc) is 2.56. The SMILES string of the molecule is CN(CC(=O)Nc1cc2c(cc1Br)OCCO2)c1ccccc1. The molecule has 0 spiro atoms. The van der Waals surface area contributed by atoms with E-state index in [9.17, 15) is 4.79 Å². The number of carbonyl (C=O) groups is 1. The Balaban J connectivity index is 1.68. The van der Waals surface area contributed by atoms with Crippen molar-refractivity contribution in [1.29, 1.82) is 0 Å². The Morgan fingerprint density at radius 3 is 2.52 bits per heavy atom. The van der Waals surface area contributed by atoms with E-state index in [1.807, 2.05) is 48.3 Å². The van der Waals surface area contributed by atoms with Crippen molar-refractivity contribution >= 4 is 33.2 Å². The molecule has 1 heterocycles. The summed E-state index contributed by atoms with van der Waals surface area (Å²) in [5.74, 6) is 1.22. The minimum absolute atomic E-state index is 0.103. The zero-order chi connectivity index (χ0) is 16.2. The molecule has 1 aliphatic heterocycles. The molecular weight excluding hydrogens is 360 g/mol. The number of amides is 1. The Kier molecular flexibility index (Phi) is 4.71. The number of anilines is 2. The van der Waals surface area contributed by atoms with Gasteiger partial charge in [-0.2, -0.15) is 0 Å². The minimum atomic E-state index is -0.103. The molecule has 5 nitrogen and oxygen atoms in total. The van der Waals surface area contributed by atoms with Gasteiger partial charge in [-0.05, 0) is 28.1 Å². The van der Waals surface area contributed by atoms with Crippen LogP contribution < -0.4 is 19.7 Å². The van der Waals surface area contributed by atoms with Crippen molar-refractivity contribution in [3.05, 3.63) is 46.9 Å². The second-order valence-electron chi connectivity index (χ2n) is 5.22. The van der Waals surface area contributed by atoms with Crippen LogP contribution in [0.4, 0.5) is 11.4 Å². The van der Waals surface area contributed by atoms with Gasteiger partial charge in [0.15, 0.2) is 11.5 Å². The van der Waals surface area contributed by atoms with E-state index in [-0.39, 0.29) is 12.5 Å². The number of hydrogen-bond acceptors (Lipinski definition) is 4. The molecule has 23 heavy (non-hydrogen) atoms. The molecule has 1 aliphatic rings. The molecule has 6 heteroatoms. The van der Waals surface area contributed by atoms with Crippen LogP contribution in [0, 0.1) is 0 Å². The lowest BCUT2D eigenvalue weighted by molar-refractivity contribution is -0.114. The summed E-state index contributed by atoms with van der Waals surface area (Å²) in [7, 11) is 1.88. The zero-order valence-electron chi connectivity index (χ0n) is 12.7. The van der Waals surface area contributed by atoms with Crippen LogP contribution in [0.15, 0.2) is 46.9 Å². The summed E-state index contributed by atoms with van der Waals surface area (Å²) in [6.45, 7) is 1.30. The quantitative estimate of drug-likeness (QED) is 0.889.